The zero-order valence-electron chi connectivity index (χ0n) is 10.4. The number of nitrogens with one attached hydrogen (secondary N) is 1. The van der Waals surface area contributed by atoms with Gasteiger partial charge in [-0.25, -0.2) is 0 Å². The summed E-state index contributed by atoms with van der Waals surface area (Å²) in [6, 6.07) is 0.0538. The lowest BCUT2D eigenvalue weighted by atomic mass is 10.1. The Bertz CT molecular complexity index is 183. The van der Waals surface area contributed by atoms with Gasteiger partial charge in [0.2, 0.25) is 0 Å². The highest BCUT2D eigenvalue weighted by molar-refractivity contribution is 4.73. The highest BCUT2D eigenvalue weighted by atomic mass is 16.5. The molecule has 1 aliphatic carbocycles. The maximum absolute atomic E-state index is 9.64. The van der Waals surface area contributed by atoms with Crippen molar-refractivity contribution in [2.45, 2.75) is 38.8 Å². The molecule has 0 aromatic heterocycles. The first-order valence-electron chi connectivity index (χ1n) is 6.23. The van der Waals surface area contributed by atoms with Gasteiger partial charge < -0.3 is 20.3 Å². The van der Waals surface area contributed by atoms with E-state index in [0.717, 1.165) is 12.5 Å². The number of aliphatic hydroxyl groups is 2. The molecule has 4 nitrogen and oxygen atoms in total. The summed E-state index contributed by atoms with van der Waals surface area (Å²) >= 11 is 0. The topological polar surface area (TPSA) is 61.7 Å². The van der Waals surface area contributed by atoms with Gasteiger partial charge in [0.1, 0.15) is 0 Å². The van der Waals surface area contributed by atoms with Crippen molar-refractivity contribution in [1.29, 1.82) is 0 Å². The molecule has 0 radical (unpaired) electrons. The molecular formula is C12H25NO3. The molecule has 0 bridgehead atoms. The molecule has 4 heteroatoms. The van der Waals surface area contributed by atoms with Crippen LogP contribution < -0.4 is 5.32 Å². The van der Waals surface area contributed by atoms with Crippen molar-refractivity contribution < 1.29 is 14.9 Å². The molecule has 1 unspecified atom stereocenters. The molecule has 0 aromatic carbocycles. The van der Waals surface area contributed by atoms with Crippen molar-refractivity contribution >= 4 is 0 Å². The summed E-state index contributed by atoms with van der Waals surface area (Å²) in [5.41, 5.74) is 0. The Morgan fingerprint density at radius 1 is 1.38 bits per heavy atom. The maximum Gasteiger partial charge on any atom is 0.0897 e. The molecule has 0 spiro atoms. The fraction of sp³-hybridized carbons (Fsp3) is 1.00. The average Bonchev–Trinajstić information content (AvgIpc) is 3.02. The van der Waals surface area contributed by atoms with Gasteiger partial charge in [-0.1, -0.05) is 13.8 Å². The molecule has 1 aliphatic rings. The molecule has 3 N–H and O–H groups in total. The van der Waals surface area contributed by atoms with Crippen LogP contribution in [0.25, 0.3) is 0 Å². The lowest BCUT2D eigenvalue weighted by Gasteiger charge is -2.21. The van der Waals surface area contributed by atoms with E-state index >= 15 is 0 Å². The fourth-order valence-corrected chi connectivity index (χ4v) is 1.51. The third-order valence-electron chi connectivity index (χ3n) is 2.98. The van der Waals surface area contributed by atoms with Gasteiger partial charge in [0.15, 0.2) is 0 Å². The summed E-state index contributed by atoms with van der Waals surface area (Å²) in [7, 11) is 0. The zero-order valence-corrected chi connectivity index (χ0v) is 10.4. The monoisotopic (exact) mass is 231 g/mol. The number of hydrogen-bond acceptors (Lipinski definition) is 4. The third-order valence-corrected chi connectivity index (χ3v) is 2.98. The maximum atomic E-state index is 9.64. The van der Waals surface area contributed by atoms with Crippen molar-refractivity contribution in [3.63, 3.8) is 0 Å². The van der Waals surface area contributed by atoms with E-state index < -0.39 is 6.10 Å². The van der Waals surface area contributed by atoms with Gasteiger partial charge in [-0.3, -0.25) is 0 Å². The first kappa shape index (κ1) is 13.9. The summed E-state index contributed by atoms with van der Waals surface area (Å²) < 4.78 is 5.39. The van der Waals surface area contributed by atoms with Gasteiger partial charge in [0.25, 0.3) is 0 Å². The van der Waals surface area contributed by atoms with Crippen LogP contribution in [0.3, 0.4) is 0 Å². The fourth-order valence-electron chi connectivity index (χ4n) is 1.51. The van der Waals surface area contributed by atoms with E-state index in [1.807, 2.05) is 13.8 Å². The third kappa shape index (κ3) is 5.80. The van der Waals surface area contributed by atoms with Crippen LogP contribution in [0.15, 0.2) is 0 Å². The SMILES string of the molecule is CC(C)[C@@H](CO)NCC(O)COCC1CC1. The molecule has 1 saturated carbocycles. The summed E-state index contributed by atoms with van der Waals surface area (Å²) in [6.45, 7) is 5.85. The zero-order chi connectivity index (χ0) is 12.0. The van der Waals surface area contributed by atoms with Crippen molar-refractivity contribution in [2.75, 3.05) is 26.4 Å². The predicted molar refractivity (Wildman–Crippen MR) is 63.3 cm³/mol. The number of ether oxygens (including phenoxy) is 1. The van der Waals surface area contributed by atoms with Crippen LogP contribution in [0.2, 0.25) is 0 Å². The molecule has 1 rings (SSSR count). The summed E-state index contributed by atoms with van der Waals surface area (Å²) in [5.74, 6) is 1.10. The molecular weight excluding hydrogens is 206 g/mol. The lowest BCUT2D eigenvalue weighted by molar-refractivity contribution is 0.0291. The average molecular weight is 231 g/mol. The Kier molecular flexibility index (Phi) is 6.28. The first-order chi connectivity index (χ1) is 7.63. The van der Waals surface area contributed by atoms with E-state index in [2.05, 4.69) is 5.32 Å². The molecule has 16 heavy (non-hydrogen) atoms. The van der Waals surface area contributed by atoms with Crippen molar-refractivity contribution in [3.8, 4) is 0 Å². The number of hydrogen-bond donors (Lipinski definition) is 3. The van der Waals surface area contributed by atoms with Crippen LogP contribution in [0.4, 0.5) is 0 Å². The van der Waals surface area contributed by atoms with Gasteiger partial charge >= 0.3 is 0 Å². The second-order valence-electron chi connectivity index (χ2n) is 5.08. The van der Waals surface area contributed by atoms with Gasteiger partial charge in [-0.2, -0.15) is 0 Å². The van der Waals surface area contributed by atoms with Crippen LogP contribution in [0, 0.1) is 11.8 Å². The Morgan fingerprint density at radius 3 is 2.56 bits per heavy atom. The predicted octanol–water partition coefficient (Wildman–Crippen LogP) is 0.380. The Labute approximate surface area is 98.0 Å². The largest absolute Gasteiger partial charge is 0.395 e. The Balaban J connectivity index is 2.00. The minimum atomic E-state index is -0.480. The van der Waals surface area contributed by atoms with Gasteiger partial charge in [0, 0.05) is 19.2 Å². The molecule has 0 aliphatic heterocycles. The van der Waals surface area contributed by atoms with Crippen LogP contribution >= 0.6 is 0 Å². The van der Waals surface area contributed by atoms with E-state index in [1.54, 1.807) is 0 Å². The van der Waals surface area contributed by atoms with Crippen LogP contribution in [-0.4, -0.2) is 48.7 Å². The van der Waals surface area contributed by atoms with Crippen molar-refractivity contribution in [2.24, 2.45) is 11.8 Å². The molecule has 2 atom stereocenters. The molecule has 0 saturated heterocycles. The van der Waals surface area contributed by atoms with E-state index in [1.165, 1.54) is 12.8 Å². The highest BCUT2D eigenvalue weighted by Crippen LogP contribution is 2.28. The van der Waals surface area contributed by atoms with Crippen LogP contribution in [0.5, 0.6) is 0 Å². The smallest absolute Gasteiger partial charge is 0.0897 e. The van der Waals surface area contributed by atoms with Crippen molar-refractivity contribution in [3.05, 3.63) is 0 Å². The second-order valence-corrected chi connectivity index (χ2v) is 5.08. The molecule has 0 heterocycles. The number of aliphatic hydroxyl groups excluding tert-OH is 2. The molecule has 96 valence electrons. The molecule has 0 amide bonds. The quantitative estimate of drug-likeness (QED) is 0.537. The van der Waals surface area contributed by atoms with E-state index in [9.17, 15) is 5.11 Å². The Hall–Kier alpha value is -0.160. The highest BCUT2D eigenvalue weighted by Gasteiger charge is 2.21. The van der Waals surface area contributed by atoms with E-state index in [4.69, 9.17) is 9.84 Å². The second kappa shape index (κ2) is 7.22. The van der Waals surface area contributed by atoms with Gasteiger partial charge in [-0.15, -0.1) is 0 Å². The minimum absolute atomic E-state index is 0.0538. The standard InChI is InChI=1S/C12H25NO3/c1-9(2)12(6-14)13-5-11(15)8-16-7-10-3-4-10/h9-15H,3-8H2,1-2H3/t11?,12-/m1/s1. The first-order valence-corrected chi connectivity index (χ1v) is 6.23. The van der Waals surface area contributed by atoms with Gasteiger partial charge in [-0.05, 0) is 24.7 Å². The van der Waals surface area contributed by atoms with E-state index in [-0.39, 0.29) is 12.6 Å². The number of rotatable bonds is 9. The van der Waals surface area contributed by atoms with Crippen LogP contribution in [-0.2, 0) is 4.74 Å². The normalized spacial score (nSPS) is 20.1. The summed E-state index contributed by atoms with van der Waals surface area (Å²) in [6.07, 6.45) is 2.06. The van der Waals surface area contributed by atoms with Crippen LogP contribution in [0.1, 0.15) is 26.7 Å². The minimum Gasteiger partial charge on any atom is -0.395 e. The lowest BCUT2D eigenvalue weighted by Crippen LogP contribution is -2.42. The van der Waals surface area contributed by atoms with Gasteiger partial charge in [0.05, 0.1) is 19.3 Å². The van der Waals surface area contributed by atoms with Crippen molar-refractivity contribution in [1.82, 2.24) is 5.32 Å². The summed E-state index contributed by atoms with van der Waals surface area (Å²) in [4.78, 5) is 0. The summed E-state index contributed by atoms with van der Waals surface area (Å²) in [5, 5.41) is 21.9. The Morgan fingerprint density at radius 2 is 2.06 bits per heavy atom. The molecule has 1 fully saturated rings. The molecule has 0 aromatic rings. The van der Waals surface area contributed by atoms with E-state index in [0.29, 0.717) is 19.1 Å².